The van der Waals surface area contributed by atoms with E-state index in [2.05, 4.69) is 59.8 Å². The van der Waals surface area contributed by atoms with E-state index in [9.17, 15) is 0 Å². The van der Waals surface area contributed by atoms with Gasteiger partial charge in [0, 0.05) is 28.8 Å². The molecule has 0 aromatic heterocycles. The molecule has 0 aliphatic heterocycles. The van der Waals surface area contributed by atoms with E-state index in [1.54, 1.807) is 0 Å². The van der Waals surface area contributed by atoms with Crippen molar-refractivity contribution < 1.29 is 0 Å². The van der Waals surface area contributed by atoms with E-state index in [0.29, 0.717) is 6.04 Å². The maximum atomic E-state index is 5.92. The van der Waals surface area contributed by atoms with Crippen LogP contribution in [0, 0.1) is 0 Å². The standard InChI is InChI=1S/C14H23BrN2/c1-5-8-17(10(2)3)12-6-7-13(11(4)16)14(15)9-12/h6-7,9-11H,5,8,16H2,1-4H3/t11-/m1/s1. The van der Waals surface area contributed by atoms with Gasteiger partial charge in [-0.3, -0.25) is 0 Å². The zero-order chi connectivity index (χ0) is 13.0. The van der Waals surface area contributed by atoms with Crippen molar-refractivity contribution in [2.24, 2.45) is 5.73 Å². The van der Waals surface area contributed by atoms with Gasteiger partial charge in [0.2, 0.25) is 0 Å². The second-order valence-corrected chi connectivity index (χ2v) is 5.64. The van der Waals surface area contributed by atoms with Crippen LogP contribution in [0.1, 0.15) is 45.7 Å². The number of rotatable bonds is 5. The topological polar surface area (TPSA) is 29.3 Å². The molecule has 1 rings (SSSR count). The van der Waals surface area contributed by atoms with E-state index in [4.69, 9.17) is 5.73 Å². The zero-order valence-corrected chi connectivity index (χ0v) is 12.8. The molecule has 0 spiro atoms. The average Bonchev–Trinajstić information content (AvgIpc) is 2.24. The van der Waals surface area contributed by atoms with Gasteiger partial charge >= 0.3 is 0 Å². The van der Waals surface area contributed by atoms with Crippen LogP contribution in [0.3, 0.4) is 0 Å². The lowest BCUT2D eigenvalue weighted by atomic mass is 10.1. The SMILES string of the molecule is CCCN(c1ccc([C@@H](C)N)c(Br)c1)C(C)C. The molecule has 0 saturated heterocycles. The molecule has 2 N–H and O–H groups in total. The van der Waals surface area contributed by atoms with E-state index in [-0.39, 0.29) is 6.04 Å². The van der Waals surface area contributed by atoms with Gasteiger partial charge in [0.05, 0.1) is 0 Å². The Kier molecular flexibility index (Phi) is 5.47. The zero-order valence-electron chi connectivity index (χ0n) is 11.2. The molecular formula is C14H23BrN2. The molecule has 2 nitrogen and oxygen atoms in total. The molecule has 1 aromatic rings. The van der Waals surface area contributed by atoms with Gasteiger partial charge < -0.3 is 10.6 Å². The highest BCUT2D eigenvalue weighted by atomic mass is 79.9. The molecule has 0 heterocycles. The third-order valence-corrected chi connectivity index (χ3v) is 3.58. The van der Waals surface area contributed by atoms with E-state index >= 15 is 0 Å². The lowest BCUT2D eigenvalue weighted by molar-refractivity contribution is 0.670. The number of nitrogens with zero attached hydrogens (tertiary/aromatic N) is 1. The number of hydrogen-bond donors (Lipinski definition) is 1. The van der Waals surface area contributed by atoms with E-state index < -0.39 is 0 Å². The van der Waals surface area contributed by atoms with Crippen LogP contribution in [0.25, 0.3) is 0 Å². The number of benzene rings is 1. The van der Waals surface area contributed by atoms with Crippen LogP contribution in [0.4, 0.5) is 5.69 Å². The van der Waals surface area contributed by atoms with Crippen LogP contribution in [0.5, 0.6) is 0 Å². The Hall–Kier alpha value is -0.540. The van der Waals surface area contributed by atoms with Crippen LogP contribution >= 0.6 is 15.9 Å². The van der Waals surface area contributed by atoms with Gasteiger partial charge in [-0.15, -0.1) is 0 Å². The summed E-state index contributed by atoms with van der Waals surface area (Å²) in [7, 11) is 0. The molecule has 0 aliphatic rings. The van der Waals surface area contributed by atoms with Crippen LogP contribution in [-0.4, -0.2) is 12.6 Å². The predicted octanol–water partition coefficient (Wildman–Crippen LogP) is 4.09. The van der Waals surface area contributed by atoms with Crippen molar-refractivity contribution in [3.8, 4) is 0 Å². The summed E-state index contributed by atoms with van der Waals surface area (Å²) in [6, 6.07) is 7.04. The highest BCUT2D eigenvalue weighted by Gasteiger charge is 2.12. The van der Waals surface area contributed by atoms with Gasteiger partial charge in [-0.2, -0.15) is 0 Å². The summed E-state index contributed by atoms with van der Waals surface area (Å²) >= 11 is 3.61. The summed E-state index contributed by atoms with van der Waals surface area (Å²) in [5.41, 5.74) is 8.34. The fourth-order valence-corrected chi connectivity index (χ4v) is 2.72. The molecule has 0 aliphatic carbocycles. The predicted molar refractivity (Wildman–Crippen MR) is 79.5 cm³/mol. The monoisotopic (exact) mass is 298 g/mol. The summed E-state index contributed by atoms with van der Waals surface area (Å²) in [5, 5.41) is 0. The number of nitrogens with two attached hydrogens (primary N) is 1. The fourth-order valence-electron chi connectivity index (χ4n) is 1.99. The van der Waals surface area contributed by atoms with E-state index in [0.717, 1.165) is 23.0 Å². The number of anilines is 1. The molecule has 0 amide bonds. The van der Waals surface area contributed by atoms with Crippen molar-refractivity contribution in [3.63, 3.8) is 0 Å². The third-order valence-electron chi connectivity index (χ3n) is 2.89. The summed E-state index contributed by atoms with van der Waals surface area (Å²) in [4.78, 5) is 2.41. The van der Waals surface area contributed by atoms with Crippen molar-refractivity contribution in [1.29, 1.82) is 0 Å². The molecule has 0 saturated carbocycles. The maximum absolute atomic E-state index is 5.92. The second-order valence-electron chi connectivity index (χ2n) is 4.78. The molecule has 96 valence electrons. The van der Waals surface area contributed by atoms with Crippen LogP contribution in [0.15, 0.2) is 22.7 Å². The maximum Gasteiger partial charge on any atom is 0.0380 e. The first-order valence-electron chi connectivity index (χ1n) is 6.29. The highest BCUT2D eigenvalue weighted by molar-refractivity contribution is 9.10. The molecule has 17 heavy (non-hydrogen) atoms. The summed E-state index contributed by atoms with van der Waals surface area (Å²) in [6.07, 6.45) is 1.16. The first-order chi connectivity index (χ1) is 7.97. The first-order valence-corrected chi connectivity index (χ1v) is 7.08. The van der Waals surface area contributed by atoms with Crippen LogP contribution in [0.2, 0.25) is 0 Å². The Labute approximate surface area is 113 Å². The Bertz CT molecular complexity index is 361. The second kappa shape index (κ2) is 6.41. The molecule has 3 heteroatoms. The Morgan fingerprint density at radius 2 is 1.94 bits per heavy atom. The van der Waals surface area contributed by atoms with Crippen molar-refractivity contribution >= 4 is 21.6 Å². The smallest absolute Gasteiger partial charge is 0.0380 e. The lowest BCUT2D eigenvalue weighted by Gasteiger charge is -2.29. The summed E-state index contributed by atoms with van der Waals surface area (Å²) < 4.78 is 1.10. The first kappa shape index (κ1) is 14.5. The van der Waals surface area contributed by atoms with Crippen molar-refractivity contribution in [3.05, 3.63) is 28.2 Å². The van der Waals surface area contributed by atoms with Gasteiger partial charge in [0.15, 0.2) is 0 Å². The van der Waals surface area contributed by atoms with Gasteiger partial charge in [-0.1, -0.05) is 28.9 Å². The Balaban J connectivity index is 3.02. The van der Waals surface area contributed by atoms with Gasteiger partial charge in [-0.25, -0.2) is 0 Å². The van der Waals surface area contributed by atoms with Gasteiger partial charge in [0.25, 0.3) is 0 Å². The van der Waals surface area contributed by atoms with Gasteiger partial charge in [0.1, 0.15) is 0 Å². The minimum absolute atomic E-state index is 0.0668. The average molecular weight is 299 g/mol. The quantitative estimate of drug-likeness (QED) is 0.887. The van der Waals surface area contributed by atoms with Crippen LogP contribution in [-0.2, 0) is 0 Å². The Morgan fingerprint density at radius 1 is 1.29 bits per heavy atom. The van der Waals surface area contributed by atoms with E-state index in [1.165, 1.54) is 5.69 Å². The minimum atomic E-state index is 0.0668. The summed E-state index contributed by atoms with van der Waals surface area (Å²) in [6.45, 7) is 9.75. The summed E-state index contributed by atoms with van der Waals surface area (Å²) in [5.74, 6) is 0. The van der Waals surface area contributed by atoms with Crippen molar-refractivity contribution in [2.75, 3.05) is 11.4 Å². The molecule has 1 aromatic carbocycles. The molecule has 0 fully saturated rings. The molecule has 1 atom stereocenters. The highest BCUT2D eigenvalue weighted by Crippen LogP contribution is 2.28. The fraction of sp³-hybridized carbons (Fsp3) is 0.571. The third kappa shape index (κ3) is 3.71. The number of hydrogen-bond acceptors (Lipinski definition) is 2. The van der Waals surface area contributed by atoms with Crippen molar-refractivity contribution in [1.82, 2.24) is 0 Å². The van der Waals surface area contributed by atoms with Crippen molar-refractivity contribution in [2.45, 2.75) is 46.2 Å². The molecule has 0 bridgehead atoms. The normalized spacial score (nSPS) is 12.9. The van der Waals surface area contributed by atoms with E-state index in [1.807, 2.05) is 6.92 Å². The largest absolute Gasteiger partial charge is 0.369 e. The van der Waals surface area contributed by atoms with Crippen LogP contribution < -0.4 is 10.6 Å². The number of halogens is 1. The van der Waals surface area contributed by atoms with Gasteiger partial charge in [-0.05, 0) is 44.9 Å². The molecule has 0 radical (unpaired) electrons. The molecular weight excluding hydrogens is 276 g/mol. The minimum Gasteiger partial charge on any atom is -0.369 e. The lowest BCUT2D eigenvalue weighted by Crippen LogP contribution is -2.31. The molecule has 0 unspecified atom stereocenters. The Morgan fingerprint density at radius 3 is 2.35 bits per heavy atom.